The molecule has 0 spiro atoms. The maximum atomic E-state index is 11.4. The van der Waals surface area contributed by atoms with Gasteiger partial charge >= 0.3 is 5.69 Å². The Balaban J connectivity index is 3.32. The number of nitrogen functional groups attached to an aromatic ring is 1. The largest absolute Gasteiger partial charge is 0.708 e. The first kappa shape index (κ1) is 10.6. The standard InChI is InChI=1S/C9H15N3O2/c1-6(2)4-11-7(3)8(10)5-12(14)9(11)13/h5-6H,4,10H2,1-3H3. The molecule has 0 fully saturated rings. The zero-order valence-corrected chi connectivity index (χ0v) is 8.65. The highest BCUT2D eigenvalue weighted by Gasteiger charge is 2.14. The van der Waals surface area contributed by atoms with Crippen LogP contribution in [0.4, 0.5) is 5.69 Å². The lowest BCUT2D eigenvalue weighted by atomic mass is 10.2. The molecule has 5 heteroatoms. The molecule has 5 nitrogen and oxygen atoms in total. The maximum Gasteiger partial charge on any atom is 0.501 e. The van der Waals surface area contributed by atoms with E-state index in [1.54, 1.807) is 6.92 Å². The van der Waals surface area contributed by atoms with Gasteiger partial charge in [0.2, 0.25) is 0 Å². The topological polar surface area (TPSA) is 75.0 Å². The molecule has 0 radical (unpaired) electrons. The molecule has 1 aromatic heterocycles. The van der Waals surface area contributed by atoms with Crippen LogP contribution in [-0.4, -0.2) is 4.57 Å². The van der Waals surface area contributed by atoms with Crippen LogP contribution in [0.1, 0.15) is 19.5 Å². The summed E-state index contributed by atoms with van der Waals surface area (Å²) < 4.78 is 1.68. The second-order valence-corrected chi connectivity index (χ2v) is 3.78. The van der Waals surface area contributed by atoms with Crippen molar-refractivity contribution in [2.75, 3.05) is 5.73 Å². The molecule has 2 N–H and O–H groups in total. The van der Waals surface area contributed by atoms with Crippen molar-refractivity contribution in [2.45, 2.75) is 27.3 Å². The molecule has 0 saturated heterocycles. The van der Waals surface area contributed by atoms with E-state index >= 15 is 0 Å². The summed E-state index contributed by atoms with van der Waals surface area (Å²) in [6.07, 6.45) is 1.11. The zero-order valence-electron chi connectivity index (χ0n) is 8.65. The van der Waals surface area contributed by atoms with Gasteiger partial charge < -0.3 is 10.9 Å². The minimum absolute atomic E-state index is 0.269. The van der Waals surface area contributed by atoms with Crippen molar-refractivity contribution >= 4 is 5.69 Å². The van der Waals surface area contributed by atoms with E-state index in [1.807, 2.05) is 13.8 Å². The average Bonchev–Trinajstić information content (AvgIpc) is 2.09. The third-order valence-corrected chi connectivity index (χ3v) is 2.05. The van der Waals surface area contributed by atoms with E-state index < -0.39 is 5.69 Å². The summed E-state index contributed by atoms with van der Waals surface area (Å²) in [6, 6.07) is 0. The number of rotatable bonds is 2. The third kappa shape index (κ3) is 1.86. The normalized spacial score (nSPS) is 10.9. The van der Waals surface area contributed by atoms with Crippen LogP contribution in [0.3, 0.4) is 0 Å². The van der Waals surface area contributed by atoms with Crippen LogP contribution in [0.2, 0.25) is 0 Å². The summed E-state index contributed by atoms with van der Waals surface area (Å²) in [6.45, 7) is 6.20. The SMILES string of the molecule is Cc1c(N)c[n+]([O-])c(=O)n1CC(C)C. The van der Waals surface area contributed by atoms with Crippen molar-refractivity contribution < 1.29 is 4.73 Å². The quantitative estimate of drug-likeness (QED) is 0.536. The van der Waals surface area contributed by atoms with Crippen LogP contribution in [0.15, 0.2) is 11.0 Å². The second kappa shape index (κ2) is 3.69. The van der Waals surface area contributed by atoms with E-state index in [9.17, 15) is 10.0 Å². The van der Waals surface area contributed by atoms with Crippen LogP contribution in [0, 0.1) is 18.0 Å². The van der Waals surface area contributed by atoms with Gasteiger partial charge in [-0.1, -0.05) is 13.8 Å². The Morgan fingerprint density at radius 3 is 2.71 bits per heavy atom. The number of nitrogens with two attached hydrogens (primary N) is 1. The highest BCUT2D eigenvalue weighted by molar-refractivity contribution is 5.37. The molecule has 1 aromatic rings. The van der Waals surface area contributed by atoms with E-state index in [-0.39, 0.29) is 4.73 Å². The number of hydrogen-bond acceptors (Lipinski definition) is 3. The van der Waals surface area contributed by atoms with Crippen molar-refractivity contribution in [3.63, 3.8) is 0 Å². The average molecular weight is 197 g/mol. The molecule has 0 atom stereocenters. The lowest BCUT2D eigenvalue weighted by Crippen LogP contribution is -2.51. The molecule has 1 heterocycles. The van der Waals surface area contributed by atoms with Crippen molar-refractivity contribution in [3.05, 3.63) is 27.6 Å². The van der Waals surface area contributed by atoms with Gasteiger partial charge in [0.05, 0.1) is 6.54 Å². The Bertz CT molecular complexity index is 396. The predicted octanol–water partition coefficient (Wildman–Crippen LogP) is 0.0283. The summed E-state index contributed by atoms with van der Waals surface area (Å²) in [4.78, 5) is 11.4. The van der Waals surface area contributed by atoms with Gasteiger partial charge in [-0.15, -0.1) is 0 Å². The van der Waals surface area contributed by atoms with E-state index in [2.05, 4.69) is 0 Å². The van der Waals surface area contributed by atoms with Crippen molar-refractivity contribution in [3.8, 4) is 0 Å². The van der Waals surface area contributed by atoms with Crippen molar-refractivity contribution in [1.29, 1.82) is 0 Å². The number of aromatic nitrogens is 2. The van der Waals surface area contributed by atoms with Crippen LogP contribution >= 0.6 is 0 Å². The monoisotopic (exact) mass is 197 g/mol. The highest BCUT2D eigenvalue weighted by atomic mass is 16.5. The molecule has 0 amide bonds. The molecule has 0 aromatic carbocycles. The summed E-state index contributed by atoms with van der Waals surface area (Å²) in [7, 11) is 0. The smallest absolute Gasteiger partial charge is 0.501 e. The van der Waals surface area contributed by atoms with Crippen LogP contribution in [0.25, 0.3) is 0 Å². The lowest BCUT2D eigenvalue weighted by molar-refractivity contribution is -0.626. The molecule has 0 saturated carbocycles. The minimum atomic E-state index is -0.564. The van der Waals surface area contributed by atoms with E-state index in [1.165, 1.54) is 4.57 Å². The molecule has 1 rings (SSSR count). The fourth-order valence-corrected chi connectivity index (χ4v) is 1.27. The molecule has 0 aliphatic rings. The Morgan fingerprint density at radius 2 is 2.21 bits per heavy atom. The first-order valence-corrected chi connectivity index (χ1v) is 4.52. The minimum Gasteiger partial charge on any atom is -0.708 e. The molecular formula is C9H15N3O2. The van der Waals surface area contributed by atoms with Gasteiger partial charge in [-0.3, -0.25) is 0 Å². The predicted molar refractivity (Wildman–Crippen MR) is 53.6 cm³/mol. The van der Waals surface area contributed by atoms with Crippen LogP contribution in [0.5, 0.6) is 0 Å². The van der Waals surface area contributed by atoms with Gasteiger partial charge in [0.15, 0.2) is 0 Å². The summed E-state index contributed by atoms with van der Waals surface area (Å²) >= 11 is 0. The van der Waals surface area contributed by atoms with E-state index in [0.29, 0.717) is 23.8 Å². The Kier molecular flexibility index (Phi) is 2.78. The number of hydrogen-bond donors (Lipinski definition) is 1. The molecule has 0 bridgehead atoms. The fraction of sp³-hybridized carbons (Fsp3) is 0.556. The van der Waals surface area contributed by atoms with Gasteiger partial charge in [0, 0.05) is 6.92 Å². The number of nitrogens with zero attached hydrogens (tertiary/aromatic N) is 2. The third-order valence-electron chi connectivity index (χ3n) is 2.05. The number of anilines is 1. The summed E-state index contributed by atoms with van der Waals surface area (Å²) in [5, 5.41) is 11.1. The van der Waals surface area contributed by atoms with Gasteiger partial charge in [0.25, 0.3) is 0 Å². The van der Waals surface area contributed by atoms with Crippen LogP contribution in [-0.2, 0) is 6.54 Å². The van der Waals surface area contributed by atoms with Crippen molar-refractivity contribution in [2.24, 2.45) is 5.92 Å². The fourth-order valence-electron chi connectivity index (χ4n) is 1.27. The Hall–Kier alpha value is -1.52. The van der Waals surface area contributed by atoms with Gasteiger partial charge in [-0.05, 0) is 5.92 Å². The Morgan fingerprint density at radius 1 is 1.64 bits per heavy atom. The molecule has 14 heavy (non-hydrogen) atoms. The van der Waals surface area contributed by atoms with E-state index in [4.69, 9.17) is 5.73 Å². The molecule has 0 unspecified atom stereocenters. The van der Waals surface area contributed by atoms with Crippen LogP contribution < -0.4 is 16.2 Å². The van der Waals surface area contributed by atoms with Gasteiger partial charge in [0.1, 0.15) is 17.6 Å². The lowest BCUT2D eigenvalue weighted by Gasteiger charge is -2.10. The second-order valence-electron chi connectivity index (χ2n) is 3.78. The summed E-state index contributed by atoms with van der Waals surface area (Å²) in [5.74, 6) is 0.299. The highest BCUT2D eigenvalue weighted by Crippen LogP contribution is 2.06. The molecular weight excluding hydrogens is 182 g/mol. The zero-order chi connectivity index (χ0) is 10.9. The van der Waals surface area contributed by atoms with Gasteiger partial charge in [-0.2, -0.15) is 14.1 Å². The molecule has 78 valence electrons. The first-order valence-electron chi connectivity index (χ1n) is 4.52. The summed E-state index contributed by atoms with van der Waals surface area (Å²) in [5.41, 5.74) is 6.02. The molecule has 0 aliphatic carbocycles. The first-order chi connectivity index (χ1) is 6.43. The maximum absolute atomic E-state index is 11.4. The van der Waals surface area contributed by atoms with Gasteiger partial charge in [-0.25, -0.2) is 0 Å². The Labute approximate surface area is 82.4 Å². The van der Waals surface area contributed by atoms with Crippen molar-refractivity contribution in [1.82, 2.24) is 4.57 Å². The van der Waals surface area contributed by atoms with E-state index in [0.717, 1.165) is 6.20 Å². The molecule has 0 aliphatic heterocycles.